The van der Waals surface area contributed by atoms with Crippen molar-refractivity contribution in [1.82, 2.24) is 33.5 Å². The van der Waals surface area contributed by atoms with Crippen LogP contribution in [0.25, 0.3) is 28.3 Å². The molecule has 0 saturated heterocycles. The Morgan fingerprint density at radius 2 is 2.07 bits per heavy atom. The molecular formula is C17H20N8O2S. The first-order valence-electron chi connectivity index (χ1n) is 8.67. The van der Waals surface area contributed by atoms with Gasteiger partial charge < -0.3 is 10.7 Å². The molecule has 0 spiro atoms. The van der Waals surface area contributed by atoms with E-state index in [1.807, 2.05) is 18.2 Å². The quantitative estimate of drug-likeness (QED) is 0.664. The Morgan fingerprint density at radius 3 is 2.75 bits per heavy atom. The molecule has 0 unspecified atom stereocenters. The molecule has 0 aliphatic carbocycles. The van der Waals surface area contributed by atoms with Crippen molar-refractivity contribution in [1.29, 1.82) is 0 Å². The summed E-state index contributed by atoms with van der Waals surface area (Å²) < 4.78 is 27.1. The number of aromatic nitrogens is 5. The van der Waals surface area contributed by atoms with E-state index < -0.39 is 10.2 Å². The maximum absolute atomic E-state index is 12.3. The first kappa shape index (κ1) is 18.5. The molecule has 0 atom stereocenters. The minimum Gasteiger partial charge on any atom is -0.382 e. The summed E-state index contributed by atoms with van der Waals surface area (Å²) in [5, 5.41) is 0. The molecule has 4 heterocycles. The summed E-state index contributed by atoms with van der Waals surface area (Å²) >= 11 is 0. The largest absolute Gasteiger partial charge is 0.382 e. The minimum atomic E-state index is -3.43. The number of anilines is 1. The average molecular weight is 400 g/mol. The molecular weight excluding hydrogens is 380 g/mol. The monoisotopic (exact) mass is 400 g/mol. The lowest BCUT2D eigenvalue weighted by molar-refractivity contribution is 0.396. The second-order valence-corrected chi connectivity index (χ2v) is 8.72. The number of imidazole rings is 1. The molecule has 10 nitrogen and oxygen atoms in total. The fourth-order valence-corrected chi connectivity index (χ4v) is 4.06. The van der Waals surface area contributed by atoms with Gasteiger partial charge in [-0.05, 0) is 24.1 Å². The van der Waals surface area contributed by atoms with Gasteiger partial charge in [0.05, 0.1) is 17.4 Å². The van der Waals surface area contributed by atoms with Crippen LogP contribution in [0.1, 0.15) is 12.1 Å². The Balaban J connectivity index is 1.65. The zero-order chi connectivity index (χ0) is 19.9. The third kappa shape index (κ3) is 3.23. The lowest BCUT2D eigenvalue weighted by Crippen LogP contribution is -2.42. The lowest BCUT2D eigenvalue weighted by atomic mass is 10.1. The topological polar surface area (TPSA) is 134 Å². The second-order valence-electron chi connectivity index (χ2n) is 6.58. The number of nitrogens with two attached hydrogens (primary N) is 1. The van der Waals surface area contributed by atoms with Crippen molar-refractivity contribution in [3.8, 4) is 11.5 Å². The summed E-state index contributed by atoms with van der Waals surface area (Å²) in [5.74, 6) is 0.754. The SMILES string of the molecule is CN(C)S(=O)(=O)N1CC=C(c2cnc(N)c(-c3nc4ncccc4[nH]3)n2)CC1. The van der Waals surface area contributed by atoms with Gasteiger partial charge in [0.25, 0.3) is 10.2 Å². The van der Waals surface area contributed by atoms with Crippen molar-refractivity contribution in [2.75, 3.05) is 32.9 Å². The molecule has 11 heteroatoms. The molecule has 0 fully saturated rings. The van der Waals surface area contributed by atoms with Crippen molar-refractivity contribution < 1.29 is 8.42 Å². The number of rotatable bonds is 4. The third-order valence-electron chi connectivity index (χ3n) is 4.57. The highest BCUT2D eigenvalue weighted by atomic mass is 32.2. The van der Waals surface area contributed by atoms with Crippen molar-refractivity contribution in [2.45, 2.75) is 6.42 Å². The number of nitrogens with one attached hydrogen (secondary N) is 1. The molecule has 146 valence electrons. The van der Waals surface area contributed by atoms with Crippen LogP contribution in [-0.4, -0.2) is 69.1 Å². The van der Waals surface area contributed by atoms with Gasteiger partial charge in [-0.15, -0.1) is 0 Å². The highest BCUT2D eigenvalue weighted by Gasteiger charge is 2.27. The highest BCUT2D eigenvalue weighted by molar-refractivity contribution is 7.86. The summed E-state index contributed by atoms with van der Waals surface area (Å²) in [5.41, 5.74) is 9.40. The number of hydrogen-bond acceptors (Lipinski definition) is 7. The Bertz CT molecular complexity index is 1140. The maximum atomic E-state index is 12.3. The van der Waals surface area contributed by atoms with Crippen LogP contribution in [0.4, 0.5) is 5.82 Å². The second kappa shape index (κ2) is 6.93. The van der Waals surface area contributed by atoms with E-state index in [2.05, 4.69) is 24.9 Å². The van der Waals surface area contributed by atoms with Crippen LogP contribution < -0.4 is 5.73 Å². The molecule has 3 aromatic rings. The summed E-state index contributed by atoms with van der Waals surface area (Å²) in [6.07, 6.45) is 5.65. The van der Waals surface area contributed by atoms with E-state index in [9.17, 15) is 8.42 Å². The molecule has 0 bridgehead atoms. The van der Waals surface area contributed by atoms with Gasteiger partial charge in [-0.25, -0.2) is 19.9 Å². The molecule has 0 saturated carbocycles. The maximum Gasteiger partial charge on any atom is 0.281 e. The molecule has 1 aliphatic heterocycles. The number of pyridine rings is 1. The van der Waals surface area contributed by atoms with E-state index in [0.717, 1.165) is 11.1 Å². The fourth-order valence-electron chi connectivity index (χ4n) is 3.01. The van der Waals surface area contributed by atoms with Crippen LogP contribution in [0.5, 0.6) is 0 Å². The van der Waals surface area contributed by atoms with Gasteiger partial charge in [0.15, 0.2) is 17.3 Å². The van der Waals surface area contributed by atoms with E-state index in [1.54, 1.807) is 12.4 Å². The predicted octanol–water partition coefficient (Wildman–Crippen LogP) is 0.893. The predicted molar refractivity (Wildman–Crippen MR) is 106 cm³/mol. The Hall–Kier alpha value is -2.89. The van der Waals surface area contributed by atoms with Crippen molar-refractivity contribution in [3.05, 3.63) is 36.3 Å². The van der Waals surface area contributed by atoms with Crippen LogP contribution in [0, 0.1) is 0 Å². The van der Waals surface area contributed by atoms with Gasteiger partial charge in [0, 0.05) is 33.4 Å². The van der Waals surface area contributed by atoms with E-state index >= 15 is 0 Å². The molecule has 1 aliphatic rings. The standard InChI is InChI=1S/C17H20N8O2S/c1-24(2)28(26,27)25-8-5-11(6-9-25)13-10-20-15(18)14(21-13)17-22-12-4-3-7-19-16(12)23-17/h3-5,7,10H,6,8-9H2,1-2H3,(H2,18,20)(H,19,22,23). The normalized spacial score (nSPS) is 15.9. The van der Waals surface area contributed by atoms with E-state index in [0.29, 0.717) is 35.8 Å². The van der Waals surface area contributed by atoms with Gasteiger partial charge in [-0.3, -0.25) is 0 Å². The Kier molecular flexibility index (Phi) is 4.57. The van der Waals surface area contributed by atoms with E-state index in [-0.39, 0.29) is 12.4 Å². The molecule has 4 rings (SSSR count). The van der Waals surface area contributed by atoms with Crippen molar-refractivity contribution >= 4 is 32.8 Å². The smallest absolute Gasteiger partial charge is 0.281 e. The van der Waals surface area contributed by atoms with Gasteiger partial charge in [-0.1, -0.05) is 6.08 Å². The van der Waals surface area contributed by atoms with Crippen molar-refractivity contribution in [3.63, 3.8) is 0 Å². The first-order valence-corrected chi connectivity index (χ1v) is 10.1. The molecule has 3 aromatic heterocycles. The fraction of sp³-hybridized carbons (Fsp3) is 0.294. The van der Waals surface area contributed by atoms with Gasteiger partial charge in [0.1, 0.15) is 5.69 Å². The van der Waals surface area contributed by atoms with Gasteiger partial charge in [0.2, 0.25) is 0 Å². The number of nitrogen functional groups attached to an aromatic ring is 1. The first-order chi connectivity index (χ1) is 13.4. The third-order valence-corrected chi connectivity index (χ3v) is 6.48. The summed E-state index contributed by atoms with van der Waals surface area (Å²) in [7, 11) is -0.390. The molecule has 0 amide bonds. The summed E-state index contributed by atoms with van der Waals surface area (Å²) in [6.45, 7) is 0.661. The zero-order valence-electron chi connectivity index (χ0n) is 15.5. The van der Waals surface area contributed by atoms with Crippen LogP contribution in [-0.2, 0) is 10.2 Å². The zero-order valence-corrected chi connectivity index (χ0v) is 16.3. The van der Waals surface area contributed by atoms with E-state index in [4.69, 9.17) is 5.73 Å². The van der Waals surface area contributed by atoms with Crippen LogP contribution in [0.3, 0.4) is 0 Å². The number of aromatic amines is 1. The van der Waals surface area contributed by atoms with Gasteiger partial charge in [-0.2, -0.15) is 17.0 Å². The average Bonchev–Trinajstić information content (AvgIpc) is 3.12. The number of hydrogen-bond donors (Lipinski definition) is 2. The lowest BCUT2D eigenvalue weighted by Gasteiger charge is -2.28. The Morgan fingerprint density at radius 1 is 1.25 bits per heavy atom. The molecule has 0 radical (unpaired) electrons. The number of fused-ring (bicyclic) bond motifs is 1. The number of H-pyrrole nitrogens is 1. The van der Waals surface area contributed by atoms with Crippen molar-refractivity contribution in [2.24, 2.45) is 0 Å². The Labute approximate surface area is 162 Å². The van der Waals surface area contributed by atoms with Crippen LogP contribution in [0.2, 0.25) is 0 Å². The summed E-state index contributed by atoms with van der Waals surface area (Å²) in [6, 6.07) is 3.69. The molecule has 0 aromatic carbocycles. The minimum absolute atomic E-state index is 0.260. The van der Waals surface area contributed by atoms with E-state index in [1.165, 1.54) is 22.7 Å². The number of nitrogens with zero attached hydrogens (tertiary/aromatic N) is 6. The molecule has 28 heavy (non-hydrogen) atoms. The highest BCUT2D eigenvalue weighted by Crippen LogP contribution is 2.27. The summed E-state index contributed by atoms with van der Waals surface area (Å²) in [4.78, 5) is 20.7. The molecule has 3 N–H and O–H groups in total. The van der Waals surface area contributed by atoms with Crippen LogP contribution >= 0.6 is 0 Å². The van der Waals surface area contributed by atoms with Crippen LogP contribution in [0.15, 0.2) is 30.6 Å². The van der Waals surface area contributed by atoms with Gasteiger partial charge >= 0.3 is 0 Å².